The van der Waals surface area contributed by atoms with Gasteiger partial charge < -0.3 is 4.74 Å². The monoisotopic (exact) mass is 251 g/mol. The summed E-state index contributed by atoms with van der Waals surface area (Å²) in [5.41, 5.74) is -2.23. The number of hydrogen-bond acceptors (Lipinski definition) is 5. The second-order valence-electron chi connectivity index (χ2n) is 3.05. The number of rotatable bonds is 2. The number of carbonyl (C=O) groups excluding carboxylic acids is 1. The molecule has 17 heavy (non-hydrogen) atoms. The molecule has 0 aliphatic heterocycles. The fraction of sp³-hybridized carbons (Fsp3) is 0.222. The lowest BCUT2D eigenvalue weighted by molar-refractivity contribution is -0.137. The van der Waals surface area contributed by atoms with Gasteiger partial charge in [0.2, 0.25) is 0 Å². The van der Waals surface area contributed by atoms with E-state index in [4.69, 9.17) is 10.4 Å². The van der Waals surface area contributed by atoms with Gasteiger partial charge in [0.1, 0.15) is 0 Å². The SMILES string of the molecule is COC(=O)c1cc(N(O)O)cc(C(F)(F)F)c1. The topological polar surface area (TPSA) is 70.0 Å². The van der Waals surface area contributed by atoms with Crippen LogP contribution in [0.25, 0.3) is 0 Å². The number of alkyl halides is 3. The maximum Gasteiger partial charge on any atom is 0.416 e. The van der Waals surface area contributed by atoms with Crippen LogP contribution in [0, 0.1) is 0 Å². The second-order valence-corrected chi connectivity index (χ2v) is 3.05. The van der Waals surface area contributed by atoms with Gasteiger partial charge in [0.05, 0.1) is 23.9 Å². The van der Waals surface area contributed by atoms with Crippen LogP contribution in [0.5, 0.6) is 0 Å². The first-order valence-electron chi connectivity index (χ1n) is 4.24. The van der Waals surface area contributed by atoms with Crippen molar-refractivity contribution in [2.75, 3.05) is 12.3 Å². The molecule has 0 saturated heterocycles. The number of methoxy groups -OCH3 is 1. The van der Waals surface area contributed by atoms with E-state index >= 15 is 0 Å². The standard InChI is InChI=1S/C9H8F3NO4/c1-17-8(14)5-2-6(9(10,11)12)4-7(3-5)13(15)16/h2-4,15-16H,1H3. The second kappa shape index (κ2) is 4.60. The van der Waals surface area contributed by atoms with Crippen LogP contribution in [0.4, 0.5) is 18.9 Å². The zero-order chi connectivity index (χ0) is 13.2. The van der Waals surface area contributed by atoms with Crippen LogP contribution in [-0.2, 0) is 10.9 Å². The van der Waals surface area contributed by atoms with Gasteiger partial charge in [-0.25, -0.2) is 4.79 Å². The van der Waals surface area contributed by atoms with E-state index in [0.29, 0.717) is 12.1 Å². The summed E-state index contributed by atoms with van der Waals surface area (Å²) in [7, 11) is 0.998. The van der Waals surface area contributed by atoms with Crippen molar-refractivity contribution in [2.45, 2.75) is 6.18 Å². The highest BCUT2D eigenvalue weighted by atomic mass is 19.4. The first-order chi connectivity index (χ1) is 7.75. The van der Waals surface area contributed by atoms with Crippen LogP contribution in [0.3, 0.4) is 0 Å². The molecule has 1 aromatic rings. The largest absolute Gasteiger partial charge is 0.465 e. The summed E-state index contributed by atoms with van der Waals surface area (Å²) in [5.74, 6) is -1.01. The number of halogens is 3. The Morgan fingerprint density at radius 2 is 1.88 bits per heavy atom. The van der Waals surface area contributed by atoms with E-state index < -0.39 is 34.2 Å². The third-order valence-electron chi connectivity index (χ3n) is 1.90. The molecular weight excluding hydrogens is 243 g/mol. The van der Waals surface area contributed by atoms with E-state index in [1.807, 2.05) is 0 Å². The Morgan fingerprint density at radius 3 is 2.29 bits per heavy atom. The summed E-state index contributed by atoms with van der Waals surface area (Å²) in [6.07, 6.45) is -4.71. The van der Waals surface area contributed by atoms with Gasteiger partial charge in [0, 0.05) is 0 Å². The van der Waals surface area contributed by atoms with Gasteiger partial charge in [-0.1, -0.05) is 0 Å². The van der Waals surface area contributed by atoms with Gasteiger partial charge in [0.25, 0.3) is 0 Å². The zero-order valence-electron chi connectivity index (χ0n) is 8.52. The molecule has 0 aliphatic carbocycles. The number of carbonyl (C=O) groups is 1. The molecule has 0 amide bonds. The first-order valence-corrected chi connectivity index (χ1v) is 4.24. The van der Waals surface area contributed by atoms with Gasteiger partial charge in [0.15, 0.2) is 0 Å². The minimum Gasteiger partial charge on any atom is -0.465 e. The fourth-order valence-corrected chi connectivity index (χ4v) is 1.13. The lowest BCUT2D eigenvalue weighted by atomic mass is 10.1. The molecule has 0 saturated carbocycles. The maximum absolute atomic E-state index is 12.4. The van der Waals surface area contributed by atoms with Gasteiger partial charge >= 0.3 is 12.1 Å². The molecule has 0 heterocycles. The summed E-state index contributed by atoms with van der Waals surface area (Å²) in [6.45, 7) is 0. The number of anilines is 1. The summed E-state index contributed by atoms with van der Waals surface area (Å²) in [6, 6.07) is 1.88. The van der Waals surface area contributed by atoms with Crippen LogP contribution in [-0.4, -0.2) is 23.5 Å². The molecule has 0 spiro atoms. The number of benzene rings is 1. The summed E-state index contributed by atoms with van der Waals surface area (Å²) in [4.78, 5) is 11.1. The highest BCUT2D eigenvalue weighted by Gasteiger charge is 2.32. The van der Waals surface area contributed by atoms with Crippen LogP contribution in [0.15, 0.2) is 18.2 Å². The molecular formula is C9H8F3NO4. The lowest BCUT2D eigenvalue weighted by Crippen LogP contribution is -2.15. The molecule has 0 aliphatic rings. The van der Waals surface area contributed by atoms with Gasteiger partial charge in [-0.15, -0.1) is 5.23 Å². The molecule has 8 heteroatoms. The highest BCUT2D eigenvalue weighted by Crippen LogP contribution is 2.32. The summed E-state index contributed by atoms with van der Waals surface area (Å²) >= 11 is 0. The van der Waals surface area contributed by atoms with Crippen molar-refractivity contribution in [1.29, 1.82) is 0 Å². The number of esters is 1. The van der Waals surface area contributed by atoms with Crippen molar-refractivity contribution < 1.29 is 33.1 Å². The number of hydrogen-bond donors (Lipinski definition) is 2. The van der Waals surface area contributed by atoms with E-state index in [1.165, 1.54) is 0 Å². The Morgan fingerprint density at radius 1 is 1.29 bits per heavy atom. The Hall–Kier alpha value is -1.80. The summed E-state index contributed by atoms with van der Waals surface area (Å²) in [5, 5.41) is 16.8. The molecule has 0 unspecified atom stereocenters. The predicted octanol–water partition coefficient (Wildman–Crippen LogP) is 2.08. The Labute approximate surface area is 93.6 Å². The van der Waals surface area contributed by atoms with E-state index in [1.54, 1.807) is 0 Å². The van der Waals surface area contributed by atoms with Crippen molar-refractivity contribution in [1.82, 2.24) is 0 Å². The molecule has 5 nitrogen and oxygen atoms in total. The number of ether oxygens (including phenoxy) is 1. The Bertz CT molecular complexity index is 431. The normalized spacial score (nSPS) is 11.2. The Kier molecular flexibility index (Phi) is 3.59. The average Bonchev–Trinajstić information content (AvgIpc) is 2.26. The molecule has 1 aromatic carbocycles. The predicted molar refractivity (Wildman–Crippen MR) is 48.8 cm³/mol. The highest BCUT2D eigenvalue weighted by molar-refractivity contribution is 5.90. The minimum atomic E-state index is -4.71. The van der Waals surface area contributed by atoms with Crippen LogP contribution < -0.4 is 5.23 Å². The van der Waals surface area contributed by atoms with Crippen molar-refractivity contribution >= 4 is 11.7 Å². The van der Waals surface area contributed by atoms with Gasteiger partial charge in [-0.2, -0.15) is 13.2 Å². The fourth-order valence-electron chi connectivity index (χ4n) is 1.13. The molecule has 0 atom stereocenters. The van der Waals surface area contributed by atoms with E-state index in [-0.39, 0.29) is 0 Å². The molecule has 1 rings (SSSR count). The smallest absolute Gasteiger partial charge is 0.416 e. The van der Waals surface area contributed by atoms with E-state index in [9.17, 15) is 18.0 Å². The minimum absolute atomic E-state index is 0.439. The Balaban J connectivity index is 3.34. The van der Waals surface area contributed by atoms with Crippen molar-refractivity contribution in [2.24, 2.45) is 0 Å². The van der Waals surface area contributed by atoms with Gasteiger partial charge in [-0.05, 0) is 18.2 Å². The lowest BCUT2D eigenvalue weighted by Gasteiger charge is -2.13. The average molecular weight is 251 g/mol. The number of nitrogens with zero attached hydrogens (tertiary/aromatic N) is 1. The molecule has 0 bridgehead atoms. The molecule has 94 valence electrons. The van der Waals surface area contributed by atoms with Crippen molar-refractivity contribution in [3.05, 3.63) is 29.3 Å². The molecule has 0 fully saturated rings. The quantitative estimate of drug-likeness (QED) is 0.622. The van der Waals surface area contributed by atoms with E-state index in [2.05, 4.69) is 4.74 Å². The maximum atomic E-state index is 12.4. The third-order valence-corrected chi connectivity index (χ3v) is 1.90. The first kappa shape index (κ1) is 13.3. The van der Waals surface area contributed by atoms with E-state index in [0.717, 1.165) is 13.2 Å². The van der Waals surface area contributed by atoms with Crippen molar-refractivity contribution in [3.63, 3.8) is 0 Å². The molecule has 0 aromatic heterocycles. The zero-order valence-corrected chi connectivity index (χ0v) is 8.52. The van der Waals surface area contributed by atoms with Crippen LogP contribution in [0.2, 0.25) is 0 Å². The third kappa shape index (κ3) is 3.08. The van der Waals surface area contributed by atoms with Crippen molar-refractivity contribution in [3.8, 4) is 0 Å². The van der Waals surface area contributed by atoms with Crippen LogP contribution in [0.1, 0.15) is 15.9 Å². The summed E-state index contributed by atoms with van der Waals surface area (Å²) < 4.78 is 41.6. The van der Waals surface area contributed by atoms with Crippen LogP contribution >= 0.6 is 0 Å². The molecule has 0 radical (unpaired) electrons. The van der Waals surface area contributed by atoms with Gasteiger partial charge in [-0.3, -0.25) is 10.4 Å². The molecule has 2 N–H and O–H groups in total.